The molecule has 2 aliphatic rings. The number of imide groups is 1. The fraction of sp³-hybridized carbons (Fsp3) is 0.500. The second kappa shape index (κ2) is 7.91. The van der Waals surface area contributed by atoms with Crippen molar-refractivity contribution in [2.24, 2.45) is 0 Å². The van der Waals surface area contributed by atoms with Gasteiger partial charge in [0.05, 0.1) is 24.4 Å². The molecule has 0 unspecified atom stereocenters. The molecule has 1 heterocycles. The molecule has 25 heavy (non-hydrogen) atoms. The van der Waals surface area contributed by atoms with Gasteiger partial charge in [0.1, 0.15) is 5.75 Å². The van der Waals surface area contributed by atoms with Crippen LogP contribution >= 0.6 is 11.8 Å². The van der Waals surface area contributed by atoms with Crippen molar-refractivity contribution in [1.82, 2.24) is 10.2 Å². The third-order valence-electron chi connectivity index (χ3n) is 4.59. The number of rotatable bonds is 5. The Morgan fingerprint density at radius 3 is 2.60 bits per heavy atom. The molecular formula is C18H22N2O4S. The number of benzene rings is 1. The van der Waals surface area contributed by atoms with Gasteiger partial charge in [0, 0.05) is 5.56 Å². The average molecular weight is 362 g/mol. The molecule has 0 spiro atoms. The third kappa shape index (κ3) is 3.98. The highest BCUT2D eigenvalue weighted by Gasteiger charge is 2.41. The van der Waals surface area contributed by atoms with E-state index >= 15 is 0 Å². The molecule has 7 heteroatoms. The molecule has 0 bridgehead atoms. The number of nitrogens with one attached hydrogen (secondary N) is 1. The summed E-state index contributed by atoms with van der Waals surface area (Å²) in [6, 6.07) is 6.54. The van der Waals surface area contributed by atoms with E-state index in [1.54, 1.807) is 24.3 Å². The summed E-state index contributed by atoms with van der Waals surface area (Å²) in [5, 5.41) is 2.82. The van der Waals surface area contributed by atoms with Gasteiger partial charge in [-0.25, -0.2) is 0 Å². The predicted octanol–water partition coefficient (Wildman–Crippen LogP) is 2.82. The molecule has 3 amide bonds. The van der Waals surface area contributed by atoms with Gasteiger partial charge >= 0.3 is 0 Å². The fourth-order valence-electron chi connectivity index (χ4n) is 3.39. The molecular weight excluding hydrogens is 340 g/mol. The SMILES string of the molecule is CCOc1ccc(C(=O)N[C@@H]2CCCC[C@H]2N2C(=O)CSC2=O)cc1. The molecule has 2 fully saturated rings. The normalized spacial score (nSPS) is 23.6. The first-order chi connectivity index (χ1) is 12.1. The average Bonchev–Trinajstić information content (AvgIpc) is 2.95. The van der Waals surface area contributed by atoms with E-state index in [4.69, 9.17) is 4.74 Å². The summed E-state index contributed by atoms with van der Waals surface area (Å²) in [5.41, 5.74) is 0.543. The highest BCUT2D eigenvalue weighted by atomic mass is 32.2. The number of ether oxygens (including phenoxy) is 1. The molecule has 134 valence electrons. The Morgan fingerprint density at radius 2 is 1.96 bits per heavy atom. The van der Waals surface area contributed by atoms with Gasteiger partial charge in [-0.3, -0.25) is 19.3 Å². The number of nitrogens with zero attached hydrogens (tertiary/aromatic N) is 1. The number of thioether (sulfide) groups is 1. The van der Waals surface area contributed by atoms with E-state index < -0.39 is 0 Å². The van der Waals surface area contributed by atoms with E-state index in [9.17, 15) is 14.4 Å². The molecule has 1 aliphatic heterocycles. The monoisotopic (exact) mass is 362 g/mol. The minimum atomic E-state index is -0.240. The van der Waals surface area contributed by atoms with Gasteiger partial charge in [0.25, 0.3) is 11.1 Å². The Bertz CT molecular complexity index is 646. The van der Waals surface area contributed by atoms with Gasteiger partial charge in [-0.1, -0.05) is 24.6 Å². The molecule has 1 aliphatic carbocycles. The van der Waals surface area contributed by atoms with Crippen molar-refractivity contribution in [3.63, 3.8) is 0 Å². The highest BCUT2D eigenvalue weighted by molar-refractivity contribution is 8.14. The van der Waals surface area contributed by atoms with Gasteiger partial charge in [-0.05, 0) is 44.0 Å². The zero-order chi connectivity index (χ0) is 17.8. The molecule has 1 aromatic rings. The number of hydrogen-bond acceptors (Lipinski definition) is 5. The van der Waals surface area contributed by atoms with Crippen molar-refractivity contribution in [3.8, 4) is 5.75 Å². The predicted molar refractivity (Wildman–Crippen MR) is 95.8 cm³/mol. The Kier molecular flexibility index (Phi) is 5.63. The maximum absolute atomic E-state index is 12.6. The Balaban J connectivity index is 1.69. The van der Waals surface area contributed by atoms with Crippen LogP contribution in [0.25, 0.3) is 0 Å². The van der Waals surface area contributed by atoms with Crippen LogP contribution in [0.2, 0.25) is 0 Å². The molecule has 0 radical (unpaired) electrons. The number of amides is 3. The minimum Gasteiger partial charge on any atom is -0.494 e. The zero-order valence-electron chi connectivity index (χ0n) is 14.2. The Morgan fingerprint density at radius 1 is 1.24 bits per heavy atom. The van der Waals surface area contributed by atoms with Crippen molar-refractivity contribution < 1.29 is 19.1 Å². The maximum atomic E-state index is 12.6. The summed E-state index contributed by atoms with van der Waals surface area (Å²) < 4.78 is 5.38. The fourth-order valence-corrected chi connectivity index (χ4v) is 4.16. The van der Waals surface area contributed by atoms with Crippen LogP contribution in [0.1, 0.15) is 43.0 Å². The lowest BCUT2D eigenvalue weighted by Gasteiger charge is -2.36. The quantitative estimate of drug-likeness (QED) is 0.872. The van der Waals surface area contributed by atoms with Crippen LogP contribution in [0.15, 0.2) is 24.3 Å². The summed E-state index contributed by atoms with van der Waals surface area (Å²) in [4.78, 5) is 38.0. The first-order valence-electron chi connectivity index (χ1n) is 8.62. The summed E-state index contributed by atoms with van der Waals surface area (Å²) in [6.45, 7) is 2.48. The first kappa shape index (κ1) is 17.8. The first-order valence-corrected chi connectivity index (χ1v) is 9.61. The van der Waals surface area contributed by atoms with Crippen LogP contribution in [0.3, 0.4) is 0 Å². The summed E-state index contributed by atoms with van der Waals surface area (Å²) in [7, 11) is 0. The summed E-state index contributed by atoms with van der Waals surface area (Å²) >= 11 is 1.04. The van der Waals surface area contributed by atoms with Crippen molar-refractivity contribution in [2.45, 2.75) is 44.7 Å². The molecule has 1 saturated carbocycles. The maximum Gasteiger partial charge on any atom is 0.289 e. The van der Waals surface area contributed by atoms with E-state index in [0.717, 1.165) is 43.2 Å². The van der Waals surface area contributed by atoms with Crippen molar-refractivity contribution in [1.29, 1.82) is 0 Å². The van der Waals surface area contributed by atoms with Gasteiger partial charge in [0.2, 0.25) is 5.91 Å². The smallest absolute Gasteiger partial charge is 0.289 e. The molecule has 0 aromatic heterocycles. The third-order valence-corrected chi connectivity index (χ3v) is 5.42. The van der Waals surface area contributed by atoms with Gasteiger partial charge in [-0.15, -0.1) is 0 Å². The van der Waals surface area contributed by atoms with Crippen LogP contribution < -0.4 is 10.1 Å². The topological polar surface area (TPSA) is 75.7 Å². The highest BCUT2D eigenvalue weighted by Crippen LogP contribution is 2.30. The molecule has 2 atom stereocenters. The second-order valence-electron chi connectivity index (χ2n) is 6.21. The van der Waals surface area contributed by atoms with Crippen LogP contribution in [-0.2, 0) is 4.79 Å². The van der Waals surface area contributed by atoms with E-state index in [-0.39, 0.29) is 34.9 Å². The van der Waals surface area contributed by atoms with E-state index in [2.05, 4.69) is 5.32 Å². The number of carbonyl (C=O) groups excluding carboxylic acids is 3. The zero-order valence-corrected chi connectivity index (χ0v) is 15.0. The van der Waals surface area contributed by atoms with Gasteiger partial charge in [0.15, 0.2) is 0 Å². The van der Waals surface area contributed by atoms with Crippen LogP contribution in [0.4, 0.5) is 4.79 Å². The standard InChI is InChI=1S/C18H22N2O4S/c1-2-24-13-9-7-12(8-10-13)17(22)19-14-5-3-4-6-15(14)20-16(21)11-25-18(20)23/h7-10,14-15H,2-6,11H2,1H3,(H,19,22)/t14-,15-/m1/s1. The number of hydrogen-bond donors (Lipinski definition) is 1. The van der Waals surface area contributed by atoms with Crippen LogP contribution in [0, 0.1) is 0 Å². The van der Waals surface area contributed by atoms with Crippen LogP contribution in [0.5, 0.6) is 5.75 Å². The Labute approximate surface area is 151 Å². The largest absolute Gasteiger partial charge is 0.494 e. The molecule has 6 nitrogen and oxygen atoms in total. The van der Waals surface area contributed by atoms with Gasteiger partial charge < -0.3 is 10.1 Å². The minimum absolute atomic E-state index is 0.151. The van der Waals surface area contributed by atoms with Crippen LogP contribution in [-0.4, -0.2) is 46.4 Å². The Hall–Kier alpha value is -2.02. The lowest BCUT2D eigenvalue weighted by molar-refractivity contribution is -0.127. The van der Waals surface area contributed by atoms with Gasteiger partial charge in [-0.2, -0.15) is 0 Å². The van der Waals surface area contributed by atoms with E-state index in [0.29, 0.717) is 12.2 Å². The summed E-state index contributed by atoms with van der Waals surface area (Å²) in [6.07, 6.45) is 3.46. The van der Waals surface area contributed by atoms with Crippen molar-refractivity contribution in [2.75, 3.05) is 12.4 Å². The molecule has 3 rings (SSSR count). The van der Waals surface area contributed by atoms with Crippen molar-refractivity contribution >= 4 is 28.8 Å². The number of carbonyl (C=O) groups is 3. The molecule has 1 aromatic carbocycles. The molecule has 1 saturated heterocycles. The van der Waals surface area contributed by atoms with E-state index in [1.807, 2.05) is 6.92 Å². The second-order valence-corrected chi connectivity index (χ2v) is 7.13. The van der Waals surface area contributed by atoms with Crippen molar-refractivity contribution in [3.05, 3.63) is 29.8 Å². The summed E-state index contributed by atoms with van der Waals surface area (Å²) in [5.74, 6) is 0.586. The lowest BCUT2D eigenvalue weighted by Crippen LogP contribution is -2.54. The van der Waals surface area contributed by atoms with E-state index in [1.165, 1.54) is 4.90 Å². The molecule has 1 N–H and O–H groups in total. The lowest BCUT2D eigenvalue weighted by atomic mass is 9.89.